The van der Waals surface area contributed by atoms with Crippen LogP contribution in [-0.4, -0.2) is 6.54 Å². The average molecular weight is 253 g/mol. The summed E-state index contributed by atoms with van der Waals surface area (Å²) in [5, 5.41) is 3.50. The van der Waals surface area contributed by atoms with Gasteiger partial charge in [-0.2, -0.15) is 0 Å². The highest BCUT2D eigenvalue weighted by atomic mass is 14.9. The van der Waals surface area contributed by atoms with Gasteiger partial charge in [-0.25, -0.2) is 0 Å². The molecule has 19 heavy (non-hydrogen) atoms. The van der Waals surface area contributed by atoms with Gasteiger partial charge in [-0.1, -0.05) is 60.5 Å². The predicted molar refractivity (Wildman–Crippen MR) is 83.4 cm³/mol. The Labute approximate surface area is 116 Å². The normalized spacial score (nSPS) is 12.4. The first kappa shape index (κ1) is 13.8. The lowest BCUT2D eigenvalue weighted by atomic mass is 9.93. The second kappa shape index (κ2) is 6.03. The summed E-state index contributed by atoms with van der Waals surface area (Å²) >= 11 is 0. The van der Waals surface area contributed by atoms with Gasteiger partial charge in [-0.05, 0) is 44.0 Å². The summed E-state index contributed by atoms with van der Waals surface area (Å²) in [6, 6.07) is 15.8. The fourth-order valence-electron chi connectivity index (χ4n) is 2.68. The van der Waals surface area contributed by atoms with Crippen LogP contribution >= 0.6 is 0 Å². The SMILES string of the molecule is CCNC(C)c1ccccc1-c1cc(C)cc(C)c1. The van der Waals surface area contributed by atoms with Gasteiger partial charge in [0, 0.05) is 6.04 Å². The van der Waals surface area contributed by atoms with E-state index < -0.39 is 0 Å². The van der Waals surface area contributed by atoms with E-state index in [9.17, 15) is 0 Å². The van der Waals surface area contributed by atoms with Crippen LogP contribution in [0.1, 0.15) is 36.6 Å². The Hall–Kier alpha value is -1.60. The zero-order valence-corrected chi connectivity index (χ0v) is 12.3. The zero-order chi connectivity index (χ0) is 13.8. The molecule has 0 heterocycles. The Bertz CT molecular complexity index is 537. The maximum Gasteiger partial charge on any atom is 0.0297 e. The molecule has 1 atom stereocenters. The van der Waals surface area contributed by atoms with Crippen molar-refractivity contribution < 1.29 is 0 Å². The highest BCUT2D eigenvalue weighted by molar-refractivity contribution is 5.69. The van der Waals surface area contributed by atoms with Crippen molar-refractivity contribution in [3.63, 3.8) is 0 Å². The number of nitrogens with one attached hydrogen (secondary N) is 1. The maximum atomic E-state index is 3.50. The van der Waals surface area contributed by atoms with Crippen LogP contribution in [0.15, 0.2) is 42.5 Å². The van der Waals surface area contributed by atoms with Crippen LogP contribution in [-0.2, 0) is 0 Å². The lowest BCUT2D eigenvalue weighted by Gasteiger charge is -2.18. The smallest absolute Gasteiger partial charge is 0.0297 e. The second-order valence-electron chi connectivity index (χ2n) is 5.24. The molecule has 0 saturated carbocycles. The zero-order valence-electron chi connectivity index (χ0n) is 12.3. The fraction of sp³-hybridized carbons (Fsp3) is 0.333. The largest absolute Gasteiger partial charge is 0.310 e. The number of rotatable bonds is 4. The second-order valence-corrected chi connectivity index (χ2v) is 5.24. The molecular weight excluding hydrogens is 230 g/mol. The topological polar surface area (TPSA) is 12.0 Å². The highest BCUT2D eigenvalue weighted by Crippen LogP contribution is 2.29. The van der Waals surface area contributed by atoms with Gasteiger partial charge in [0.25, 0.3) is 0 Å². The molecule has 0 aromatic heterocycles. The maximum absolute atomic E-state index is 3.50. The summed E-state index contributed by atoms with van der Waals surface area (Å²) in [5.41, 5.74) is 6.66. The minimum atomic E-state index is 0.377. The summed E-state index contributed by atoms with van der Waals surface area (Å²) in [7, 11) is 0. The molecule has 0 aliphatic rings. The minimum absolute atomic E-state index is 0.377. The van der Waals surface area contributed by atoms with Crippen molar-refractivity contribution in [2.24, 2.45) is 0 Å². The lowest BCUT2D eigenvalue weighted by molar-refractivity contribution is 0.599. The van der Waals surface area contributed by atoms with Gasteiger partial charge in [0.1, 0.15) is 0 Å². The van der Waals surface area contributed by atoms with Gasteiger partial charge in [0.05, 0.1) is 0 Å². The van der Waals surface area contributed by atoms with E-state index in [0.29, 0.717) is 6.04 Å². The van der Waals surface area contributed by atoms with Crippen molar-refractivity contribution in [2.45, 2.75) is 33.7 Å². The van der Waals surface area contributed by atoms with Crippen LogP contribution in [0.2, 0.25) is 0 Å². The summed E-state index contributed by atoms with van der Waals surface area (Å²) in [4.78, 5) is 0. The van der Waals surface area contributed by atoms with Gasteiger partial charge in [-0.15, -0.1) is 0 Å². The van der Waals surface area contributed by atoms with Crippen LogP contribution in [0, 0.1) is 13.8 Å². The molecule has 0 amide bonds. The molecule has 2 aromatic rings. The third kappa shape index (κ3) is 3.24. The van der Waals surface area contributed by atoms with Crippen molar-refractivity contribution in [1.29, 1.82) is 0 Å². The van der Waals surface area contributed by atoms with E-state index in [1.54, 1.807) is 0 Å². The molecule has 1 nitrogen and oxygen atoms in total. The molecule has 2 aromatic carbocycles. The third-order valence-corrected chi connectivity index (χ3v) is 3.47. The molecular formula is C18H23N. The molecule has 0 fully saturated rings. The van der Waals surface area contributed by atoms with Crippen molar-refractivity contribution in [3.8, 4) is 11.1 Å². The van der Waals surface area contributed by atoms with Crippen LogP contribution in [0.4, 0.5) is 0 Å². The van der Waals surface area contributed by atoms with Crippen molar-refractivity contribution in [1.82, 2.24) is 5.32 Å². The first-order valence-electron chi connectivity index (χ1n) is 7.02. The molecule has 0 radical (unpaired) electrons. The Morgan fingerprint density at radius 2 is 1.63 bits per heavy atom. The molecule has 0 saturated heterocycles. The minimum Gasteiger partial charge on any atom is -0.310 e. The molecule has 100 valence electrons. The summed E-state index contributed by atoms with van der Waals surface area (Å²) in [6.07, 6.45) is 0. The first-order valence-corrected chi connectivity index (χ1v) is 7.02. The number of benzene rings is 2. The summed E-state index contributed by atoms with van der Waals surface area (Å²) < 4.78 is 0. The Balaban J connectivity index is 2.49. The highest BCUT2D eigenvalue weighted by Gasteiger charge is 2.10. The fourth-order valence-corrected chi connectivity index (χ4v) is 2.68. The number of aryl methyl sites for hydroxylation is 2. The number of hydrogen-bond donors (Lipinski definition) is 1. The van der Waals surface area contributed by atoms with E-state index in [4.69, 9.17) is 0 Å². The van der Waals surface area contributed by atoms with Crippen molar-refractivity contribution in [3.05, 3.63) is 59.2 Å². The van der Waals surface area contributed by atoms with Crippen molar-refractivity contribution >= 4 is 0 Å². The van der Waals surface area contributed by atoms with Crippen molar-refractivity contribution in [2.75, 3.05) is 6.54 Å². The molecule has 1 N–H and O–H groups in total. The van der Waals surface area contributed by atoms with E-state index >= 15 is 0 Å². The summed E-state index contributed by atoms with van der Waals surface area (Å²) in [5.74, 6) is 0. The van der Waals surface area contributed by atoms with Gasteiger partial charge in [0.15, 0.2) is 0 Å². The van der Waals surface area contributed by atoms with Gasteiger partial charge in [-0.3, -0.25) is 0 Å². The summed E-state index contributed by atoms with van der Waals surface area (Å²) in [6.45, 7) is 9.68. The average Bonchev–Trinajstić information content (AvgIpc) is 2.38. The van der Waals surface area contributed by atoms with Crippen LogP contribution in [0.25, 0.3) is 11.1 Å². The van der Waals surface area contributed by atoms with Crippen LogP contribution in [0.3, 0.4) is 0 Å². The molecule has 0 aliphatic carbocycles. The van der Waals surface area contributed by atoms with Gasteiger partial charge >= 0.3 is 0 Å². The van der Waals surface area contributed by atoms with Crippen LogP contribution in [0.5, 0.6) is 0 Å². The lowest BCUT2D eigenvalue weighted by Crippen LogP contribution is -2.18. The predicted octanol–water partition coefficient (Wildman–Crippen LogP) is 4.64. The Morgan fingerprint density at radius 3 is 2.26 bits per heavy atom. The quantitative estimate of drug-likeness (QED) is 0.837. The van der Waals surface area contributed by atoms with E-state index in [2.05, 4.69) is 75.5 Å². The van der Waals surface area contributed by atoms with E-state index in [1.807, 2.05) is 0 Å². The molecule has 2 rings (SSSR count). The molecule has 1 heteroatoms. The standard InChI is InChI=1S/C18H23N/c1-5-19-15(4)17-8-6-7-9-18(17)16-11-13(2)10-14(3)12-16/h6-12,15,19H,5H2,1-4H3. The van der Waals surface area contributed by atoms with E-state index in [-0.39, 0.29) is 0 Å². The van der Waals surface area contributed by atoms with Gasteiger partial charge < -0.3 is 5.32 Å². The molecule has 0 spiro atoms. The number of hydrogen-bond acceptors (Lipinski definition) is 1. The van der Waals surface area contributed by atoms with E-state index in [1.165, 1.54) is 27.8 Å². The third-order valence-electron chi connectivity index (χ3n) is 3.47. The van der Waals surface area contributed by atoms with Crippen LogP contribution < -0.4 is 5.32 Å². The Morgan fingerprint density at radius 1 is 1.00 bits per heavy atom. The monoisotopic (exact) mass is 253 g/mol. The molecule has 1 unspecified atom stereocenters. The van der Waals surface area contributed by atoms with E-state index in [0.717, 1.165) is 6.54 Å². The first-order chi connectivity index (χ1) is 9.11. The Kier molecular flexibility index (Phi) is 4.39. The molecule has 0 aliphatic heterocycles. The van der Waals surface area contributed by atoms with Gasteiger partial charge in [0.2, 0.25) is 0 Å². The molecule has 0 bridgehead atoms.